The van der Waals surface area contributed by atoms with Crippen LogP contribution < -0.4 is 11.6 Å². The number of nitrogens with zero attached hydrogens (tertiary/aromatic N) is 2. The Kier molecular flexibility index (Phi) is 3.04. The van der Waals surface area contributed by atoms with Gasteiger partial charge in [0.05, 0.1) is 0 Å². The minimum absolute atomic E-state index is 0.141. The minimum Gasteiger partial charge on any atom is -0.382 e. The first-order chi connectivity index (χ1) is 8.73. The van der Waals surface area contributed by atoms with Gasteiger partial charge in [-0.05, 0) is 25.0 Å². The Morgan fingerprint density at radius 3 is 2.05 bits per heavy atom. The van der Waals surface area contributed by atoms with Gasteiger partial charge in [0.2, 0.25) is 0 Å². The lowest BCUT2D eigenvalue weighted by Gasteiger charge is -2.17. The van der Waals surface area contributed by atoms with E-state index < -0.39 is 0 Å². The summed E-state index contributed by atoms with van der Waals surface area (Å²) in [5, 5.41) is 0. The van der Waals surface area contributed by atoms with Crippen molar-refractivity contribution >= 4 is 5.82 Å². The number of rotatable bonds is 1. The van der Waals surface area contributed by atoms with Gasteiger partial charge < -0.3 is 11.6 Å². The summed E-state index contributed by atoms with van der Waals surface area (Å²) in [5.74, 6) is 7.37. The molecule has 0 fully saturated rings. The van der Waals surface area contributed by atoms with Crippen molar-refractivity contribution in [3.8, 4) is 11.3 Å². The van der Waals surface area contributed by atoms with E-state index in [-0.39, 0.29) is 5.41 Å². The lowest BCUT2D eigenvalue weighted by Crippen LogP contribution is -2.24. The smallest absolute Gasteiger partial charge is 0.150 e. The largest absolute Gasteiger partial charge is 0.382 e. The number of anilines is 1. The molecule has 0 saturated heterocycles. The van der Waals surface area contributed by atoms with Gasteiger partial charge in [0, 0.05) is 11.0 Å². The predicted molar refractivity (Wildman–Crippen MR) is 80.4 cm³/mol. The Morgan fingerprint density at radius 2 is 1.63 bits per heavy atom. The molecule has 0 unspecified atom stereocenters. The van der Waals surface area contributed by atoms with Gasteiger partial charge in [-0.25, -0.2) is 9.66 Å². The van der Waals surface area contributed by atoms with Gasteiger partial charge >= 0.3 is 0 Å². The van der Waals surface area contributed by atoms with Gasteiger partial charge in [-0.3, -0.25) is 0 Å². The van der Waals surface area contributed by atoms with E-state index in [0.717, 1.165) is 28.2 Å². The van der Waals surface area contributed by atoms with Crippen molar-refractivity contribution in [3.63, 3.8) is 0 Å². The monoisotopic (exact) mass is 258 g/mol. The van der Waals surface area contributed by atoms with Gasteiger partial charge in [-0.1, -0.05) is 39.0 Å². The lowest BCUT2D eigenvalue weighted by molar-refractivity contribution is 0.532. The molecule has 0 atom stereocenters. The third-order valence-corrected chi connectivity index (χ3v) is 3.34. The summed E-state index contributed by atoms with van der Waals surface area (Å²) in [5.41, 5.74) is 10.2. The number of aryl methyl sites for hydroxylation is 2. The molecule has 4 heteroatoms. The third kappa shape index (κ3) is 2.18. The van der Waals surface area contributed by atoms with Crippen molar-refractivity contribution in [1.29, 1.82) is 0 Å². The quantitative estimate of drug-likeness (QED) is 0.773. The molecule has 1 aromatic heterocycles. The van der Waals surface area contributed by atoms with Crippen LogP contribution in [0.1, 0.15) is 37.7 Å². The van der Waals surface area contributed by atoms with E-state index in [4.69, 9.17) is 11.6 Å². The molecule has 4 N–H and O–H groups in total. The summed E-state index contributed by atoms with van der Waals surface area (Å²) < 4.78 is 1.50. The van der Waals surface area contributed by atoms with Crippen molar-refractivity contribution in [3.05, 3.63) is 35.2 Å². The highest BCUT2D eigenvalue weighted by Crippen LogP contribution is 2.33. The summed E-state index contributed by atoms with van der Waals surface area (Å²) in [7, 11) is 0. The minimum atomic E-state index is -0.141. The molecule has 1 aromatic carbocycles. The van der Waals surface area contributed by atoms with Gasteiger partial charge in [-0.2, -0.15) is 0 Å². The molecule has 0 aliphatic heterocycles. The first-order valence-electron chi connectivity index (χ1n) is 6.44. The summed E-state index contributed by atoms with van der Waals surface area (Å²) >= 11 is 0. The first-order valence-corrected chi connectivity index (χ1v) is 6.44. The second-order valence-corrected chi connectivity index (χ2v) is 6.06. The molecule has 0 bridgehead atoms. The second-order valence-electron chi connectivity index (χ2n) is 6.06. The summed E-state index contributed by atoms with van der Waals surface area (Å²) in [6.07, 6.45) is 0. The van der Waals surface area contributed by atoms with E-state index in [0.29, 0.717) is 5.82 Å². The molecular formula is C15H22N4. The fraction of sp³-hybridized carbons (Fsp3) is 0.400. The summed E-state index contributed by atoms with van der Waals surface area (Å²) in [6, 6.07) is 6.16. The molecule has 4 nitrogen and oxygen atoms in total. The van der Waals surface area contributed by atoms with E-state index in [1.54, 1.807) is 0 Å². The summed E-state index contributed by atoms with van der Waals surface area (Å²) in [6.45, 7) is 10.4. The molecule has 19 heavy (non-hydrogen) atoms. The number of hydrogen-bond donors (Lipinski definition) is 2. The van der Waals surface area contributed by atoms with Crippen molar-refractivity contribution in [1.82, 2.24) is 9.66 Å². The fourth-order valence-electron chi connectivity index (χ4n) is 2.35. The van der Waals surface area contributed by atoms with Crippen LogP contribution in [-0.4, -0.2) is 9.66 Å². The van der Waals surface area contributed by atoms with E-state index in [9.17, 15) is 0 Å². The van der Waals surface area contributed by atoms with Crippen LogP contribution in [0.25, 0.3) is 11.3 Å². The zero-order valence-electron chi connectivity index (χ0n) is 12.3. The zero-order valence-corrected chi connectivity index (χ0v) is 12.3. The molecule has 2 aromatic rings. The van der Waals surface area contributed by atoms with Crippen LogP contribution in [0.2, 0.25) is 0 Å². The van der Waals surface area contributed by atoms with Crippen molar-refractivity contribution < 1.29 is 0 Å². The van der Waals surface area contributed by atoms with E-state index in [2.05, 4.69) is 51.7 Å². The molecule has 1 heterocycles. The number of nitrogens with two attached hydrogens (primary N) is 2. The molecule has 0 amide bonds. The Morgan fingerprint density at radius 1 is 1.11 bits per heavy atom. The van der Waals surface area contributed by atoms with Crippen LogP contribution in [0.4, 0.5) is 5.82 Å². The second kappa shape index (κ2) is 4.30. The van der Waals surface area contributed by atoms with Crippen molar-refractivity contribution in [2.45, 2.75) is 40.0 Å². The fourth-order valence-corrected chi connectivity index (χ4v) is 2.35. The van der Waals surface area contributed by atoms with Crippen LogP contribution in [0.5, 0.6) is 0 Å². The SMILES string of the molecule is Cc1cccc(C)c1-c1nc(C(C)(C)C)n(N)c1N. The van der Waals surface area contributed by atoms with Crippen LogP contribution >= 0.6 is 0 Å². The average Bonchev–Trinajstić information content (AvgIpc) is 2.57. The highest BCUT2D eigenvalue weighted by atomic mass is 15.4. The van der Waals surface area contributed by atoms with Gasteiger partial charge in [-0.15, -0.1) is 0 Å². The van der Waals surface area contributed by atoms with Crippen molar-refractivity contribution in [2.75, 3.05) is 11.6 Å². The van der Waals surface area contributed by atoms with Crippen molar-refractivity contribution in [2.24, 2.45) is 0 Å². The standard InChI is InChI=1S/C15H22N4/c1-9-7-6-8-10(2)11(9)12-13(16)19(17)14(18-12)15(3,4)5/h6-8H,16-17H2,1-5H3. The van der Waals surface area contributed by atoms with E-state index in [1.807, 2.05) is 6.07 Å². The molecule has 0 aliphatic carbocycles. The van der Waals surface area contributed by atoms with E-state index in [1.165, 1.54) is 4.68 Å². The van der Waals surface area contributed by atoms with E-state index >= 15 is 0 Å². The topological polar surface area (TPSA) is 69.9 Å². The molecular weight excluding hydrogens is 236 g/mol. The van der Waals surface area contributed by atoms with Gasteiger partial charge in [0.15, 0.2) is 5.82 Å². The highest BCUT2D eigenvalue weighted by Gasteiger charge is 2.25. The van der Waals surface area contributed by atoms with Gasteiger partial charge in [0.25, 0.3) is 0 Å². The molecule has 2 rings (SSSR count). The molecule has 0 radical (unpaired) electrons. The summed E-state index contributed by atoms with van der Waals surface area (Å²) in [4.78, 5) is 4.69. The number of nitrogen functional groups attached to an aromatic ring is 2. The highest BCUT2D eigenvalue weighted by molar-refractivity contribution is 5.76. The van der Waals surface area contributed by atoms with Crippen LogP contribution in [-0.2, 0) is 5.41 Å². The Hall–Kier alpha value is -1.97. The van der Waals surface area contributed by atoms with Crippen LogP contribution in [0.15, 0.2) is 18.2 Å². The normalized spacial score (nSPS) is 11.8. The Balaban J connectivity index is 2.72. The van der Waals surface area contributed by atoms with Crippen LogP contribution in [0.3, 0.4) is 0 Å². The first kappa shape index (κ1) is 13.5. The molecule has 0 saturated carbocycles. The zero-order chi connectivity index (χ0) is 14.4. The maximum absolute atomic E-state index is 6.15. The number of hydrogen-bond acceptors (Lipinski definition) is 3. The maximum atomic E-state index is 6.15. The van der Waals surface area contributed by atoms with Gasteiger partial charge in [0.1, 0.15) is 11.5 Å². The molecule has 0 spiro atoms. The number of aromatic nitrogens is 2. The Bertz CT molecular complexity index is 598. The molecule has 0 aliphatic rings. The number of imidazole rings is 1. The third-order valence-electron chi connectivity index (χ3n) is 3.34. The molecule has 102 valence electrons. The lowest BCUT2D eigenvalue weighted by atomic mass is 9.96. The van der Waals surface area contributed by atoms with Crippen LogP contribution in [0, 0.1) is 13.8 Å². The average molecular weight is 258 g/mol. The predicted octanol–water partition coefficient (Wildman–Crippen LogP) is 2.76. The number of benzene rings is 1. The Labute approximate surface area is 114 Å². The maximum Gasteiger partial charge on any atom is 0.150 e.